The maximum atomic E-state index is 9.79. The van der Waals surface area contributed by atoms with E-state index in [-0.39, 0.29) is 114 Å². The van der Waals surface area contributed by atoms with Crippen LogP contribution in [0.1, 0.15) is 22.3 Å². The van der Waals surface area contributed by atoms with Gasteiger partial charge in [-0.15, -0.1) is 35.4 Å². The first-order valence-electron chi connectivity index (χ1n) is 8.83. The first-order chi connectivity index (χ1) is 13.2. The fourth-order valence-electron chi connectivity index (χ4n) is 4.32. The maximum absolute atomic E-state index is 9.79. The van der Waals surface area contributed by atoms with Gasteiger partial charge in [0.2, 0.25) is 0 Å². The summed E-state index contributed by atoms with van der Waals surface area (Å²) in [6.45, 7) is 0. The second kappa shape index (κ2) is 9.49. The Bertz CT molecular complexity index is 1040. The molecule has 0 fully saturated rings. The molecule has 0 radical (unpaired) electrons. The first kappa shape index (κ1) is 23.4. The Morgan fingerprint density at radius 1 is 0.552 bits per heavy atom. The summed E-state index contributed by atoms with van der Waals surface area (Å²) in [6.07, 6.45) is 0. The van der Waals surface area contributed by atoms with Crippen molar-refractivity contribution < 1.29 is 113 Å². The van der Waals surface area contributed by atoms with Gasteiger partial charge in [-0.3, -0.25) is 0 Å². The number of hydrogen-bond acceptors (Lipinski definition) is 2. The minimum absolute atomic E-state index is 0. The van der Waals surface area contributed by atoms with E-state index in [9.17, 15) is 10.2 Å². The van der Waals surface area contributed by atoms with Gasteiger partial charge in [0.05, 0.1) is 0 Å². The zero-order valence-corrected chi connectivity index (χ0v) is 22.7. The van der Waals surface area contributed by atoms with Gasteiger partial charge in [0.1, 0.15) is 0 Å². The van der Waals surface area contributed by atoms with Crippen molar-refractivity contribution in [3.63, 3.8) is 0 Å². The number of aromatic hydroxyl groups is 2. The molecular formula is C25H16K2O2. The van der Waals surface area contributed by atoms with Gasteiger partial charge in [0, 0.05) is 11.5 Å². The summed E-state index contributed by atoms with van der Waals surface area (Å²) in [5, 5.41) is 19.6. The van der Waals surface area contributed by atoms with Gasteiger partial charge < -0.3 is 10.2 Å². The molecule has 1 aliphatic carbocycles. The van der Waals surface area contributed by atoms with Crippen LogP contribution in [-0.4, -0.2) is 10.2 Å². The normalized spacial score (nSPS) is 12.8. The SMILES string of the molecule is Oc1[c-]cc(C2(c3c[c-]c(O)cc3)c3ccccc3-c3ccccc32)cc1.[K+].[K+]. The standard InChI is InChI=1S/C25H16O2.2K/c26-19-13-9-17(10-14-19)25(18-11-15-20(27)16-12-18)23-7-3-1-5-21(23)22-6-2-4-8-24(22)25;;/h1-13,15,26-27H;;/q-2;2*+1. The Balaban J connectivity index is 0.00000120. The molecule has 0 bridgehead atoms. The molecule has 0 aromatic heterocycles. The molecule has 1 aliphatic rings. The Morgan fingerprint density at radius 3 is 1.34 bits per heavy atom. The molecule has 0 atom stereocenters. The molecule has 0 saturated carbocycles. The van der Waals surface area contributed by atoms with Gasteiger partial charge in [0.15, 0.2) is 0 Å². The second-order valence-corrected chi connectivity index (χ2v) is 6.77. The number of benzene rings is 4. The third-order valence-corrected chi connectivity index (χ3v) is 5.41. The molecule has 0 saturated heterocycles. The van der Waals surface area contributed by atoms with Crippen LogP contribution < -0.4 is 103 Å². The van der Waals surface area contributed by atoms with E-state index < -0.39 is 5.41 Å². The predicted octanol–water partition coefficient (Wildman–Crippen LogP) is -0.931. The predicted molar refractivity (Wildman–Crippen MR) is 105 cm³/mol. The van der Waals surface area contributed by atoms with Crippen molar-refractivity contribution in [1.82, 2.24) is 0 Å². The van der Waals surface area contributed by atoms with E-state index in [1.807, 2.05) is 36.4 Å². The fourth-order valence-corrected chi connectivity index (χ4v) is 4.32. The number of rotatable bonds is 2. The van der Waals surface area contributed by atoms with Crippen molar-refractivity contribution in [3.05, 3.63) is 119 Å². The zero-order chi connectivity index (χ0) is 18.4. The van der Waals surface area contributed by atoms with Crippen molar-refractivity contribution in [2.24, 2.45) is 0 Å². The molecule has 130 valence electrons. The van der Waals surface area contributed by atoms with Crippen molar-refractivity contribution in [3.8, 4) is 22.6 Å². The van der Waals surface area contributed by atoms with Crippen LogP contribution in [0.3, 0.4) is 0 Å². The minimum Gasteiger partial charge on any atom is -0.534 e. The van der Waals surface area contributed by atoms with Gasteiger partial charge in [0.25, 0.3) is 0 Å². The monoisotopic (exact) mass is 426 g/mol. The van der Waals surface area contributed by atoms with E-state index >= 15 is 0 Å². The minimum atomic E-state index is -0.554. The van der Waals surface area contributed by atoms with E-state index in [0.717, 1.165) is 11.1 Å². The number of fused-ring (bicyclic) bond motifs is 3. The maximum Gasteiger partial charge on any atom is 1.00 e. The van der Waals surface area contributed by atoms with E-state index in [0.29, 0.717) is 0 Å². The molecular weight excluding hydrogens is 410 g/mol. The molecule has 0 amide bonds. The van der Waals surface area contributed by atoms with Crippen LogP contribution in [0.5, 0.6) is 11.5 Å². The Morgan fingerprint density at radius 2 is 0.966 bits per heavy atom. The molecule has 0 aliphatic heterocycles. The summed E-state index contributed by atoms with van der Waals surface area (Å²) < 4.78 is 0. The first-order valence-corrected chi connectivity index (χ1v) is 8.83. The van der Waals surface area contributed by atoms with Gasteiger partial charge in [-0.25, -0.2) is 0 Å². The van der Waals surface area contributed by atoms with Gasteiger partial charge in [-0.2, -0.15) is 24.3 Å². The van der Waals surface area contributed by atoms with Crippen LogP contribution in [0.15, 0.2) is 84.9 Å². The Hall–Kier alpha value is -0.247. The fraction of sp³-hybridized carbons (Fsp3) is 0.0400. The number of hydrogen-bond donors (Lipinski definition) is 2. The van der Waals surface area contributed by atoms with Crippen molar-refractivity contribution in [2.75, 3.05) is 0 Å². The molecule has 2 N–H and O–H groups in total. The second-order valence-electron chi connectivity index (χ2n) is 6.77. The summed E-state index contributed by atoms with van der Waals surface area (Å²) in [4.78, 5) is 0. The third kappa shape index (κ3) is 3.78. The largest absolute Gasteiger partial charge is 1.00 e. The molecule has 0 heterocycles. The third-order valence-electron chi connectivity index (χ3n) is 5.41. The van der Waals surface area contributed by atoms with Crippen molar-refractivity contribution in [1.29, 1.82) is 0 Å². The van der Waals surface area contributed by atoms with Crippen LogP contribution in [0.25, 0.3) is 11.1 Å². The molecule has 4 aromatic rings. The summed E-state index contributed by atoms with van der Waals surface area (Å²) >= 11 is 0. The van der Waals surface area contributed by atoms with E-state index in [1.165, 1.54) is 22.3 Å². The smallest absolute Gasteiger partial charge is 0.534 e. The molecule has 4 heteroatoms. The van der Waals surface area contributed by atoms with E-state index in [1.54, 1.807) is 12.1 Å². The van der Waals surface area contributed by atoms with Gasteiger partial charge >= 0.3 is 103 Å². The number of phenolic OH excluding ortho intramolecular Hbond substituents is 2. The van der Waals surface area contributed by atoms with E-state index in [2.05, 4.69) is 48.5 Å². The topological polar surface area (TPSA) is 40.5 Å². The Kier molecular flexibility index (Phi) is 7.66. The van der Waals surface area contributed by atoms with Crippen molar-refractivity contribution >= 4 is 0 Å². The summed E-state index contributed by atoms with van der Waals surface area (Å²) in [5.41, 5.74) is 6.19. The summed E-state index contributed by atoms with van der Waals surface area (Å²) in [6, 6.07) is 33.6. The summed E-state index contributed by atoms with van der Waals surface area (Å²) in [7, 11) is 0. The molecule has 4 aromatic carbocycles. The van der Waals surface area contributed by atoms with Crippen LogP contribution in [0, 0.1) is 12.1 Å². The molecule has 29 heavy (non-hydrogen) atoms. The molecule has 0 unspecified atom stereocenters. The van der Waals surface area contributed by atoms with Gasteiger partial charge in [-0.05, 0) is 27.7 Å². The van der Waals surface area contributed by atoms with E-state index in [4.69, 9.17) is 0 Å². The summed E-state index contributed by atoms with van der Waals surface area (Å²) in [5.74, 6) is 0.233. The average molecular weight is 427 g/mol. The van der Waals surface area contributed by atoms with Crippen LogP contribution in [0.2, 0.25) is 0 Å². The van der Waals surface area contributed by atoms with Crippen LogP contribution in [-0.2, 0) is 5.41 Å². The van der Waals surface area contributed by atoms with Crippen molar-refractivity contribution in [2.45, 2.75) is 5.41 Å². The molecule has 5 rings (SSSR count). The Labute approximate surface area is 255 Å². The average Bonchev–Trinajstić information content (AvgIpc) is 3.01. The van der Waals surface area contributed by atoms with Crippen LogP contribution in [0.4, 0.5) is 0 Å². The van der Waals surface area contributed by atoms with Gasteiger partial charge in [-0.1, -0.05) is 48.5 Å². The quantitative estimate of drug-likeness (QED) is 0.283. The number of phenols is 2. The molecule has 2 nitrogen and oxygen atoms in total. The molecule has 0 spiro atoms. The zero-order valence-electron chi connectivity index (χ0n) is 16.5. The van der Waals surface area contributed by atoms with Crippen LogP contribution >= 0.6 is 0 Å².